The number of carbonyl (C=O) groups is 1. The first-order valence-electron chi connectivity index (χ1n) is 8.92. The second-order valence-electron chi connectivity index (χ2n) is 6.48. The van der Waals surface area contributed by atoms with E-state index in [0.29, 0.717) is 18.8 Å². The highest BCUT2D eigenvalue weighted by molar-refractivity contribution is 8.00. The average Bonchev–Trinajstić information content (AvgIpc) is 2.89. The summed E-state index contributed by atoms with van der Waals surface area (Å²) in [4.78, 5) is 20.7. The Morgan fingerprint density at radius 1 is 1.11 bits per heavy atom. The second-order valence-corrected chi connectivity index (χ2v) is 7.62. The molecule has 2 heterocycles. The molecule has 0 saturated carbocycles. The average molecular weight is 410 g/mol. The van der Waals surface area contributed by atoms with Gasteiger partial charge in [-0.05, 0) is 54.1 Å². The number of nitrogens with one attached hydrogen (secondary N) is 1. The fraction of sp³-hybridized carbons (Fsp3) is 0.368. The minimum atomic E-state index is -4.32. The van der Waals surface area contributed by atoms with Gasteiger partial charge in [0.05, 0.1) is 0 Å². The highest BCUT2D eigenvalue weighted by Gasteiger charge is 2.29. The summed E-state index contributed by atoms with van der Waals surface area (Å²) in [5, 5.41) is 2.76. The standard InChI is InChI=1S/C19H21F3N4OS/c20-19(21,22)28-17-6-4-16(5-7-17)24-18(27)26-10-2-9-25(11-12-26)14-15-3-1-8-23-13-15/h1,3-8,13H,2,9-12,14H2,(H,24,27). The Morgan fingerprint density at radius 2 is 1.89 bits per heavy atom. The highest BCUT2D eigenvalue weighted by atomic mass is 32.2. The van der Waals surface area contributed by atoms with E-state index in [2.05, 4.69) is 15.2 Å². The number of rotatable bonds is 4. The number of urea groups is 1. The molecule has 1 aromatic carbocycles. The number of thioether (sulfide) groups is 1. The van der Waals surface area contributed by atoms with Crippen LogP contribution in [0.4, 0.5) is 23.7 Å². The number of carbonyl (C=O) groups excluding carboxylic acids is 1. The van der Waals surface area contributed by atoms with E-state index in [1.54, 1.807) is 11.1 Å². The Balaban J connectivity index is 1.50. The third kappa shape index (κ3) is 6.42. The molecule has 5 nitrogen and oxygen atoms in total. The van der Waals surface area contributed by atoms with E-state index in [4.69, 9.17) is 0 Å². The number of halogens is 3. The van der Waals surface area contributed by atoms with Crippen molar-refractivity contribution in [2.45, 2.75) is 23.4 Å². The van der Waals surface area contributed by atoms with Gasteiger partial charge in [0.25, 0.3) is 0 Å². The Hall–Kier alpha value is -2.26. The van der Waals surface area contributed by atoms with Crippen LogP contribution in [-0.4, -0.2) is 52.5 Å². The molecule has 1 saturated heterocycles. The zero-order chi connectivity index (χ0) is 20.0. The van der Waals surface area contributed by atoms with Gasteiger partial charge in [-0.1, -0.05) is 6.07 Å². The first kappa shape index (κ1) is 20.5. The molecule has 0 atom stereocenters. The van der Waals surface area contributed by atoms with Crippen LogP contribution in [0.5, 0.6) is 0 Å². The molecular formula is C19H21F3N4OS. The van der Waals surface area contributed by atoms with Crippen LogP contribution in [-0.2, 0) is 6.54 Å². The van der Waals surface area contributed by atoms with Crippen molar-refractivity contribution in [2.24, 2.45) is 0 Å². The second kappa shape index (κ2) is 9.29. The lowest BCUT2D eigenvalue weighted by Crippen LogP contribution is -2.38. The van der Waals surface area contributed by atoms with Crippen molar-refractivity contribution in [2.75, 3.05) is 31.5 Å². The first-order chi connectivity index (χ1) is 13.4. The van der Waals surface area contributed by atoms with E-state index in [-0.39, 0.29) is 22.7 Å². The van der Waals surface area contributed by atoms with Crippen LogP contribution in [0, 0.1) is 0 Å². The van der Waals surface area contributed by atoms with Crippen molar-refractivity contribution in [1.82, 2.24) is 14.8 Å². The van der Waals surface area contributed by atoms with E-state index in [0.717, 1.165) is 31.6 Å². The van der Waals surface area contributed by atoms with Crippen molar-refractivity contribution in [3.63, 3.8) is 0 Å². The summed E-state index contributed by atoms with van der Waals surface area (Å²) in [5.41, 5.74) is -2.70. The lowest BCUT2D eigenvalue weighted by atomic mass is 10.2. The number of nitrogens with zero attached hydrogens (tertiary/aromatic N) is 3. The zero-order valence-corrected chi connectivity index (χ0v) is 16.0. The number of amides is 2. The number of hydrogen-bond donors (Lipinski definition) is 1. The Bertz CT molecular complexity index is 771. The maximum Gasteiger partial charge on any atom is 0.446 e. The largest absolute Gasteiger partial charge is 0.446 e. The summed E-state index contributed by atoms with van der Waals surface area (Å²) in [6, 6.07) is 9.38. The highest BCUT2D eigenvalue weighted by Crippen LogP contribution is 2.37. The molecule has 0 bridgehead atoms. The van der Waals surface area contributed by atoms with E-state index >= 15 is 0 Å². The molecule has 9 heteroatoms. The molecule has 1 aliphatic rings. The van der Waals surface area contributed by atoms with Crippen LogP contribution in [0.1, 0.15) is 12.0 Å². The fourth-order valence-electron chi connectivity index (χ4n) is 3.02. The molecule has 0 radical (unpaired) electrons. The number of hydrogen-bond acceptors (Lipinski definition) is 4. The Morgan fingerprint density at radius 3 is 2.57 bits per heavy atom. The smallest absolute Gasteiger partial charge is 0.323 e. The first-order valence-corrected chi connectivity index (χ1v) is 9.74. The van der Waals surface area contributed by atoms with Crippen LogP contribution in [0.3, 0.4) is 0 Å². The lowest BCUT2D eigenvalue weighted by molar-refractivity contribution is -0.0328. The Kier molecular flexibility index (Phi) is 6.79. The molecule has 2 amide bonds. The summed E-state index contributed by atoms with van der Waals surface area (Å²) < 4.78 is 37.1. The quantitative estimate of drug-likeness (QED) is 0.758. The molecule has 1 aromatic heterocycles. The summed E-state index contributed by atoms with van der Waals surface area (Å²) in [6.45, 7) is 3.67. The summed E-state index contributed by atoms with van der Waals surface area (Å²) in [6.07, 6.45) is 4.44. The van der Waals surface area contributed by atoms with E-state index < -0.39 is 5.51 Å². The van der Waals surface area contributed by atoms with Crippen LogP contribution in [0.15, 0.2) is 53.7 Å². The molecular weight excluding hydrogens is 389 g/mol. The maximum absolute atomic E-state index is 12.5. The van der Waals surface area contributed by atoms with Crippen molar-refractivity contribution in [1.29, 1.82) is 0 Å². The van der Waals surface area contributed by atoms with Gasteiger partial charge in [0.15, 0.2) is 0 Å². The van der Waals surface area contributed by atoms with Gasteiger partial charge < -0.3 is 10.2 Å². The predicted octanol–water partition coefficient (Wildman–Crippen LogP) is 4.43. The Labute approximate surface area is 165 Å². The molecule has 1 fully saturated rings. The molecule has 0 unspecified atom stereocenters. The summed E-state index contributed by atoms with van der Waals surface area (Å²) in [7, 11) is 0. The number of anilines is 1. The predicted molar refractivity (Wildman–Crippen MR) is 103 cm³/mol. The minimum absolute atomic E-state index is 0.0892. The number of aromatic nitrogens is 1. The lowest BCUT2D eigenvalue weighted by Gasteiger charge is -2.22. The van der Waals surface area contributed by atoms with Gasteiger partial charge in [-0.3, -0.25) is 9.88 Å². The third-order valence-electron chi connectivity index (χ3n) is 4.34. The van der Waals surface area contributed by atoms with Gasteiger partial charge in [0.1, 0.15) is 0 Å². The fourth-order valence-corrected chi connectivity index (χ4v) is 3.56. The van der Waals surface area contributed by atoms with Crippen molar-refractivity contribution in [3.05, 3.63) is 54.4 Å². The maximum atomic E-state index is 12.5. The summed E-state index contributed by atoms with van der Waals surface area (Å²) >= 11 is -0.173. The molecule has 0 aliphatic carbocycles. The normalized spacial score (nSPS) is 15.9. The van der Waals surface area contributed by atoms with Gasteiger partial charge in [-0.15, -0.1) is 0 Å². The van der Waals surface area contributed by atoms with E-state index in [9.17, 15) is 18.0 Å². The van der Waals surface area contributed by atoms with Crippen LogP contribution >= 0.6 is 11.8 Å². The van der Waals surface area contributed by atoms with Gasteiger partial charge >= 0.3 is 11.5 Å². The minimum Gasteiger partial charge on any atom is -0.323 e. The van der Waals surface area contributed by atoms with E-state index in [1.165, 1.54) is 24.3 Å². The van der Waals surface area contributed by atoms with E-state index in [1.807, 2.05) is 18.3 Å². The zero-order valence-electron chi connectivity index (χ0n) is 15.2. The van der Waals surface area contributed by atoms with Crippen LogP contribution < -0.4 is 5.32 Å². The topological polar surface area (TPSA) is 48.5 Å². The molecule has 150 valence electrons. The van der Waals surface area contributed by atoms with Crippen LogP contribution in [0.25, 0.3) is 0 Å². The summed E-state index contributed by atoms with van der Waals surface area (Å²) in [5.74, 6) is 0. The van der Waals surface area contributed by atoms with Gasteiger partial charge in [0, 0.05) is 55.7 Å². The van der Waals surface area contributed by atoms with Crippen molar-refractivity contribution < 1.29 is 18.0 Å². The van der Waals surface area contributed by atoms with Gasteiger partial charge in [0.2, 0.25) is 0 Å². The van der Waals surface area contributed by atoms with Crippen LogP contribution in [0.2, 0.25) is 0 Å². The molecule has 0 spiro atoms. The van der Waals surface area contributed by atoms with Gasteiger partial charge in [-0.25, -0.2) is 4.79 Å². The molecule has 28 heavy (non-hydrogen) atoms. The monoisotopic (exact) mass is 410 g/mol. The van der Waals surface area contributed by atoms with Crippen molar-refractivity contribution in [3.8, 4) is 0 Å². The molecule has 1 aliphatic heterocycles. The number of benzene rings is 1. The molecule has 3 rings (SSSR count). The van der Waals surface area contributed by atoms with Crippen molar-refractivity contribution >= 4 is 23.5 Å². The third-order valence-corrected chi connectivity index (χ3v) is 5.08. The number of alkyl halides is 3. The van der Waals surface area contributed by atoms with Gasteiger partial charge in [-0.2, -0.15) is 13.2 Å². The molecule has 1 N–H and O–H groups in total. The SMILES string of the molecule is O=C(Nc1ccc(SC(F)(F)F)cc1)N1CCCN(Cc2cccnc2)CC1. The molecule has 2 aromatic rings. The number of pyridine rings is 1.